The highest BCUT2D eigenvalue weighted by molar-refractivity contribution is 9.09. The van der Waals surface area contributed by atoms with Gasteiger partial charge < -0.3 is 4.74 Å². The van der Waals surface area contributed by atoms with E-state index < -0.39 is 10.0 Å². The Morgan fingerprint density at radius 2 is 2.14 bits per heavy atom. The fraction of sp³-hybridized carbons (Fsp3) is 1.00. The summed E-state index contributed by atoms with van der Waals surface area (Å²) >= 11 is 3.31. The van der Waals surface area contributed by atoms with Gasteiger partial charge in [0.15, 0.2) is 0 Å². The van der Waals surface area contributed by atoms with Crippen molar-refractivity contribution in [3.8, 4) is 0 Å². The molecule has 14 heavy (non-hydrogen) atoms. The van der Waals surface area contributed by atoms with E-state index in [9.17, 15) is 8.42 Å². The predicted molar refractivity (Wildman–Crippen MR) is 59.2 cm³/mol. The number of alkyl halides is 1. The van der Waals surface area contributed by atoms with Crippen molar-refractivity contribution in [2.45, 2.75) is 25.3 Å². The minimum Gasteiger partial charge on any atom is -0.381 e. The van der Waals surface area contributed by atoms with E-state index in [2.05, 4.69) is 20.7 Å². The van der Waals surface area contributed by atoms with Crippen LogP contribution in [0.5, 0.6) is 0 Å². The molecule has 0 radical (unpaired) electrons. The molecule has 1 rings (SSSR count). The SMILES string of the molecule is CCOCCS(=O)(=O)NC1(CBr)CC1. The average molecular weight is 286 g/mol. The van der Waals surface area contributed by atoms with Crippen LogP contribution in [-0.2, 0) is 14.8 Å². The summed E-state index contributed by atoms with van der Waals surface area (Å²) in [6, 6.07) is 0. The highest BCUT2D eigenvalue weighted by Gasteiger charge is 2.44. The first kappa shape index (κ1) is 12.4. The van der Waals surface area contributed by atoms with Crippen molar-refractivity contribution in [3.63, 3.8) is 0 Å². The Kier molecular flexibility index (Phi) is 4.36. The number of nitrogens with one attached hydrogen (secondary N) is 1. The van der Waals surface area contributed by atoms with E-state index in [4.69, 9.17) is 4.74 Å². The third-order valence-electron chi connectivity index (χ3n) is 2.18. The smallest absolute Gasteiger partial charge is 0.214 e. The number of rotatable bonds is 7. The summed E-state index contributed by atoms with van der Waals surface area (Å²) in [4.78, 5) is 0. The van der Waals surface area contributed by atoms with Crippen LogP contribution in [0.1, 0.15) is 19.8 Å². The number of halogens is 1. The third-order valence-corrected chi connectivity index (χ3v) is 4.70. The van der Waals surface area contributed by atoms with Crippen LogP contribution in [0.4, 0.5) is 0 Å². The lowest BCUT2D eigenvalue weighted by Crippen LogP contribution is -2.40. The van der Waals surface area contributed by atoms with Crippen molar-refractivity contribution in [2.75, 3.05) is 24.3 Å². The van der Waals surface area contributed by atoms with E-state index in [1.807, 2.05) is 6.92 Å². The summed E-state index contributed by atoms with van der Waals surface area (Å²) in [5, 5.41) is 0.688. The van der Waals surface area contributed by atoms with Gasteiger partial charge in [0.25, 0.3) is 0 Å². The summed E-state index contributed by atoms with van der Waals surface area (Å²) < 4.78 is 30.7. The van der Waals surface area contributed by atoms with Crippen molar-refractivity contribution in [1.29, 1.82) is 0 Å². The van der Waals surface area contributed by atoms with Gasteiger partial charge >= 0.3 is 0 Å². The van der Waals surface area contributed by atoms with Crippen LogP contribution in [0.2, 0.25) is 0 Å². The van der Waals surface area contributed by atoms with Gasteiger partial charge in [-0.3, -0.25) is 0 Å². The van der Waals surface area contributed by atoms with Gasteiger partial charge in [-0.15, -0.1) is 0 Å². The zero-order chi connectivity index (χ0) is 10.7. The van der Waals surface area contributed by atoms with Gasteiger partial charge in [0.1, 0.15) is 0 Å². The molecule has 0 aromatic heterocycles. The van der Waals surface area contributed by atoms with Crippen molar-refractivity contribution >= 4 is 26.0 Å². The predicted octanol–water partition coefficient (Wildman–Crippen LogP) is 0.870. The van der Waals surface area contributed by atoms with Gasteiger partial charge in [0, 0.05) is 17.5 Å². The number of ether oxygens (including phenoxy) is 1. The molecule has 0 saturated heterocycles. The summed E-state index contributed by atoms with van der Waals surface area (Å²) in [5.74, 6) is 0.0512. The molecule has 0 amide bonds. The van der Waals surface area contributed by atoms with Gasteiger partial charge in [-0.25, -0.2) is 13.1 Å². The Morgan fingerprint density at radius 1 is 1.50 bits per heavy atom. The maximum atomic E-state index is 11.5. The van der Waals surface area contributed by atoms with Crippen molar-refractivity contribution in [2.24, 2.45) is 0 Å². The molecule has 0 unspecified atom stereocenters. The summed E-state index contributed by atoms with van der Waals surface area (Å²) in [7, 11) is -3.17. The number of hydrogen-bond donors (Lipinski definition) is 1. The summed E-state index contributed by atoms with van der Waals surface area (Å²) in [5.41, 5.74) is -0.203. The van der Waals surface area contributed by atoms with Crippen LogP contribution in [0.25, 0.3) is 0 Å². The van der Waals surface area contributed by atoms with Gasteiger partial charge in [0.2, 0.25) is 10.0 Å². The molecular formula is C8H16BrNO3S. The van der Waals surface area contributed by atoms with E-state index >= 15 is 0 Å². The molecule has 0 heterocycles. The highest BCUT2D eigenvalue weighted by Crippen LogP contribution is 2.37. The monoisotopic (exact) mass is 285 g/mol. The van der Waals surface area contributed by atoms with Crippen molar-refractivity contribution in [3.05, 3.63) is 0 Å². The standard InChI is InChI=1S/C8H16BrNO3S/c1-2-13-5-6-14(11,12)10-8(7-9)3-4-8/h10H,2-7H2,1H3. The highest BCUT2D eigenvalue weighted by atomic mass is 79.9. The van der Waals surface area contributed by atoms with Crippen molar-refractivity contribution in [1.82, 2.24) is 4.72 Å². The first-order valence-corrected chi connectivity index (χ1v) is 7.46. The van der Waals surface area contributed by atoms with E-state index in [1.165, 1.54) is 0 Å². The van der Waals surface area contributed by atoms with Crippen LogP contribution in [-0.4, -0.2) is 38.3 Å². The van der Waals surface area contributed by atoms with Gasteiger partial charge in [-0.05, 0) is 19.8 Å². The van der Waals surface area contributed by atoms with Crippen LogP contribution in [0, 0.1) is 0 Å². The molecule has 0 bridgehead atoms. The van der Waals surface area contributed by atoms with Crippen LogP contribution < -0.4 is 4.72 Å². The lowest BCUT2D eigenvalue weighted by Gasteiger charge is -2.14. The Balaban J connectivity index is 2.34. The molecule has 6 heteroatoms. The molecule has 1 fully saturated rings. The third kappa shape index (κ3) is 3.84. The minimum absolute atomic E-state index is 0.0512. The van der Waals surface area contributed by atoms with Gasteiger partial charge in [-0.2, -0.15) is 0 Å². The van der Waals surface area contributed by atoms with Gasteiger partial charge in [-0.1, -0.05) is 15.9 Å². The summed E-state index contributed by atoms with van der Waals surface area (Å²) in [6.45, 7) is 2.67. The van der Waals surface area contributed by atoms with Crippen LogP contribution in [0.3, 0.4) is 0 Å². The Labute approximate surface area is 93.6 Å². The second-order valence-corrected chi connectivity index (χ2v) is 5.93. The Bertz CT molecular complexity index is 274. The molecule has 1 saturated carbocycles. The number of sulfonamides is 1. The molecule has 0 aromatic rings. The lowest BCUT2D eigenvalue weighted by atomic mass is 10.4. The normalized spacial score (nSPS) is 19.6. The van der Waals surface area contributed by atoms with Crippen molar-refractivity contribution < 1.29 is 13.2 Å². The molecule has 0 aromatic carbocycles. The number of hydrogen-bond acceptors (Lipinski definition) is 3. The Morgan fingerprint density at radius 3 is 2.57 bits per heavy atom. The largest absolute Gasteiger partial charge is 0.381 e. The van der Waals surface area contributed by atoms with E-state index in [0.717, 1.165) is 12.8 Å². The molecule has 4 nitrogen and oxygen atoms in total. The average Bonchev–Trinajstić information content (AvgIpc) is 2.85. The Hall–Kier alpha value is 0.350. The molecule has 0 atom stereocenters. The molecule has 84 valence electrons. The molecule has 1 aliphatic rings. The zero-order valence-electron chi connectivity index (χ0n) is 8.25. The molecule has 0 aliphatic heterocycles. The summed E-state index contributed by atoms with van der Waals surface area (Å²) in [6.07, 6.45) is 1.85. The topological polar surface area (TPSA) is 55.4 Å². The van der Waals surface area contributed by atoms with E-state index in [0.29, 0.717) is 11.9 Å². The fourth-order valence-electron chi connectivity index (χ4n) is 1.11. The quantitative estimate of drug-likeness (QED) is 0.558. The first-order chi connectivity index (χ1) is 6.54. The molecule has 0 spiro atoms. The zero-order valence-corrected chi connectivity index (χ0v) is 10.7. The maximum Gasteiger partial charge on any atom is 0.214 e. The van der Waals surface area contributed by atoms with Crippen LogP contribution >= 0.6 is 15.9 Å². The second kappa shape index (κ2) is 4.92. The van der Waals surface area contributed by atoms with E-state index in [-0.39, 0.29) is 17.9 Å². The van der Waals surface area contributed by atoms with E-state index in [1.54, 1.807) is 0 Å². The van der Waals surface area contributed by atoms with Gasteiger partial charge in [0.05, 0.1) is 12.4 Å². The minimum atomic E-state index is -3.17. The molecule has 1 aliphatic carbocycles. The molecule has 1 N–H and O–H groups in total. The lowest BCUT2D eigenvalue weighted by molar-refractivity contribution is 0.163. The maximum absolute atomic E-state index is 11.5. The van der Waals surface area contributed by atoms with Crippen LogP contribution in [0.15, 0.2) is 0 Å². The first-order valence-electron chi connectivity index (χ1n) is 4.69. The fourth-order valence-corrected chi connectivity index (χ4v) is 3.37. The molecular weight excluding hydrogens is 270 g/mol. The second-order valence-electron chi connectivity index (χ2n) is 3.53.